The monoisotopic (exact) mass is 363 g/mol. The highest BCUT2D eigenvalue weighted by molar-refractivity contribution is 7.13. The topological polar surface area (TPSA) is 19.4 Å². The largest absolute Gasteiger partial charge is 0.369 e. The molecule has 0 atom stereocenters. The molecule has 4 rings (SSSR count). The molecule has 0 amide bonds. The lowest BCUT2D eigenvalue weighted by Gasteiger charge is -2.36. The van der Waals surface area contributed by atoms with Gasteiger partial charge in [-0.25, -0.2) is 4.98 Å². The third kappa shape index (κ3) is 3.81. The van der Waals surface area contributed by atoms with Gasteiger partial charge in [-0.05, 0) is 25.5 Å². The van der Waals surface area contributed by atoms with Crippen LogP contribution in [0.15, 0.2) is 53.9 Å². The molecule has 0 N–H and O–H groups in total. The molecular formula is C22H25N3S. The van der Waals surface area contributed by atoms with E-state index in [1.165, 1.54) is 28.1 Å². The van der Waals surface area contributed by atoms with Gasteiger partial charge in [-0.1, -0.05) is 48.0 Å². The molecule has 1 aliphatic rings. The van der Waals surface area contributed by atoms with Gasteiger partial charge in [0.2, 0.25) is 0 Å². The first-order chi connectivity index (χ1) is 12.7. The normalized spacial score (nSPS) is 15.4. The fourth-order valence-corrected chi connectivity index (χ4v) is 4.32. The Hall–Kier alpha value is -2.17. The van der Waals surface area contributed by atoms with E-state index in [4.69, 9.17) is 4.98 Å². The number of hydrogen-bond acceptors (Lipinski definition) is 4. The van der Waals surface area contributed by atoms with Gasteiger partial charge in [-0.15, -0.1) is 11.3 Å². The van der Waals surface area contributed by atoms with E-state index < -0.39 is 0 Å². The number of thiazole rings is 1. The Morgan fingerprint density at radius 1 is 0.923 bits per heavy atom. The molecule has 2 aromatic carbocycles. The summed E-state index contributed by atoms with van der Waals surface area (Å²) in [6.45, 7) is 9.61. The average Bonchev–Trinajstić information content (AvgIpc) is 3.12. The lowest BCUT2D eigenvalue weighted by Crippen LogP contribution is -2.46. The number of hydrogen-bond donors (Lipinski definition) is 0. The quantitative estimate of drug-likeness (QED) is 0.667. The first-order valence-electron chi connectivity index (χ1n) is 9.23. The van der Waals surface area contributed by atoms with E-state index in [9.17, 15) is 0 Å². The van der Waals surface area contributed by atoms with Crippen LogP contribution >= 0.6 is 11.3 Å². The van der Waals surface area contributed by atoms with Gasteiger partial charge in [-0.2, -0.15) is 0 Å². The smallest absolute Gasteiger partial charge is 0.123 e. The summed E-state index contributed by atoms with van der Waals surface area (Å²) in [5.74, 6) is 0. The van der Waals surface area contributed by atoms with Crippen molar-refractivity contribution in [2.45, 2.75) is 20.4 Å². The lowest BCUT2D eigenvalue weighted by molar-refractivity contribution is 0.247. The van der Waals surface area contributed by atoms with Crippen LogP contribution in [-0.2, 0) is 6.54 Å². The molecule has 0 spiro atoms. The van der Waals surface area contributed by atoms with Crippen molar-refractivity contribution in [3.63, 3.8) is 0 Å². The summed E-state index contributed by atoms with van der Waals surface area (Å²) in [7, 11) is 0. The Kier molecular flexibility index (Phi) is 5.05. The lowest BCUT2D eigenvalue weighted by atomic mass is 10.1. The Morgan fingerprint density at radius 3 is 2.38 bits per heavy atom. The number of rotatable bonds is 4. The van der Waals surface area contributed by atoms with E-state index in [-0.39, 0.29) is 0 Å². The zero-order valence-electron chi connectivity index (χ0n) is 15.5. The molecule has 0 saturated carbocycles. The SMILES string of the molecule is Cc1ccc(-c2nc(CN3CCN(c4ccccc4C)CC3)cs2)cc1. The van der Waals surface area contributed by atoms with Crippen molar-refractivity contribution in [3.8, 4) is 10.6 Å². The second-order valence-electron chi connectivity index (χ2n) is 7.06. The maximum Gasteiger partial charge on any atom is 0.123 e. The zero-order chi connectivity index (χ0) is 17.9. The number of aryl methyl sites for hydroxylation is 2. The molecule has 3 aromatic rings. The molecule has 0 aliphatic carbocycles. The summed E-state index contributed by atoms with van der Waals surface area (Å²) < 4.78 is 0. The van der Waals surface area contributed by atoms with E-state index in [0.29, 0.717) is 0 Å². The predicted molar refractivity (Wildman–Crippen MR) is 111 cm³/mol. The predicted octanol–water partition coefficient (Wildman–Crippen LogP) is 4.75. The molecular weight excluding hydrogens is 338 g/mol. The van der Waals surface area contributed by atoms with Crippen LogP contribution in [0.4, 0.5) is 5.69 Å². The number of benzene rings is 2. The Balaban J connectivity index is 1.36. The molecule has 1 saturated heterocycles. The van der Waals surface area contributed by atoms with Crippen molar-refractivity contribution >= 4 is 17.0 Å². The van der Waals surface area contributed by atoms with Gasteiger partial charge in [0, 0.05) is 49.4 Å². The Bertz CT molecular complexity index is 861. The second-order valence-corrected chi connectivity index (χ2v) is 7.92. The fraction of sp³-hybridized carbons (Fsp3) is 0.318. The van der Waals surface area contributed by atoms with Crippen molar-refractivity contribution in [2.24, 2.45) is 0 Å². The van der Waals surface area contributed by atoms with Crippen LogP contribution in [-0.4, -0.2) is 36.1 Å². The minimum Gasteiger partial charge on any atom is -0.369 e. The van der Waals surface area contributed by atoms with E-state index in [0.717, 1.165) is 37.7 Å². The molecule has 0 radical (unpaired) electrons. The molecule has 3 nitrogen and oxygen atoms in total. The fourth-order valence-electron chi connectivity index (χ4n) is 3.50. The minimum atomic E-state index is 0.948. The summed E-state index contributed by atoms with van der Waals surface area (Å²) in [5.41, 5.74) is 6.44. The third-order valence-electron chi connectivity index (χ3n) is 5.06. The summed E-state index contributed by atoms with van der Waals surface area (Å²) in [4.78, 5) is 9.88. The highest BCUT2D eigenvalue weighted by atomic mass is 32.1. The number of nitrogens with zero attached hydrogens (tertiary/aromatic N) is 3. The first kappa shape index (κ1) is 17.3. The standard InChI is InChI=1S/C22H25N3S/c1-17-7-9-19(10-8-17)22-23-20(16-26-22)15-24-11-13-25(14-12-24)21-6-4-3-5-18(21)2/h3-10,16H,11-15H2,1-2H3. The number of piperazine rings is 1. The summed E-state index contributed by atoms with van der Waals surface area (Å²) in [5, 5.41) is 3.33. The van der Waals surface area contributed by atoms with Crippen molar-refractivity contribution in [2.75, 3.05) is 31.1 Å². The highest BCUT2D eigenvalue weighted by Gasteiger charge is 2.19. The Morgan fingerprint density at radius 2 is 1.65 bits per heavy atom. The second kappa shape index (κ2) is 7.60. The summed E-state index contributed by atoms with van der Waals surface area (Å²) in [6, 6.07) is 17.3. The van der Waals surface area contributed by atoms with Crippen LogP contribution in [0.25, 0.3) is 10.6 Å². The molecule has 1 aliphatic heterocycles. The third-order valence-corrected chi connectivity index (χ3v) is 6.00. The zero-order valence-corrected chi connectivity index (χ0v) is 16.3. The maximum absolute atomic E-state index is 4.86. The van der Waals surface area contributed by atoms with Crippen molar-refractivity contribution in [1.29, 1.82) is 0 Å². The van der Waals surface area contributed by atoms with E-state index in [1.54, 1.807) is 11.3 Å². The molecule has 1 fully saturated rings. The van der Waals surface area contributed by atoms with E-state index in [1.807, 2.05) is 0 Å². The van der Waals surface area contributed by atoms with Gasteiger partial charge in [0.15, 0.2) is 0 Å². The molecule has 0 unspecified atom stereocenters. The van der Waals surface area contributed by atoms with Gasteiger partial charge in [0.1, 0.15) is 5.01 Å². The van der Waals surface area contributed by atoms with Gasteiger partial charge in [-0.3, -0.25) is 4.90 Å². The Labute approximate surface area is 159 Å². The van der Waals surface area contributed by atoms with Crippen molar-refractivity contribution < 1.29 is 0 Å². The van der Waals surface area contributed by atoms with E-state index in [2.05, 4.69) is 77.6 Å². The van der Waals surface area contributed by atoms with Gasteiger partial charge in [0.05, 0.1) is 5.69 Å². The van der Waals surface area contributed by atoms with Crippen LogP contribution in [0.5, 0.6) is 0 Å². The van der Waals surface area contributed by atoms with Gasteiger partial charge in [0.25, 0.3) is 0 Å². The minimum absolute atomic E-state index is 0.948. The molecule has 4 heteroatoms. The summed E-state index contributed by atoms with van der Waals surface area (Å²) >= 11 is 1.75. The maximum atomic E-state index is 4.86. The average molecular weight is 364 g/mol. The van der Waals surface area contributed by atoms with E-state index >= 15 is 0 Å². The molecule has 134 valence electrons. The van der Waals surface area contributed by atoms with Crippen molar-refractivity contribution in [3.05, 3.63) is 70.7 Å². The van der Waals surface area contributed by atoms with Gasteiger partial charge < -0.3 is 4.90 Å². The molecule has 26 heavy (non-hydrogen) atoms. The molecule has 1 aromatic heterocycles. The number of aromatic nitrogens is 1. The van der Waals surface area contributed by atoms with Crippen LogP contribution in [0.3, 0.4) is 0 Å². The van der Waals surface area contributed by atoms with Crippen LogP contribution < -0.4 is 4.90 Å². The molecule has 2 heterocycles. The number of para-hydroxylation sites is 1. The van der Waals surface area contributed by atoms with Crippen LogP contribution in [0.1, 0.15) is 16.8 Å². The number of anilines is 1. The van der Waals surface area contributed by atoms with Crippen LogP contribution in [0.2, 0.25) is 0 Å². The molecule has 0 bridgehead atoms. The highest BCUT2D eigenvalue weighted by Crippen LogP contribution is 2.25. The summed E-state index contributed by atoms with van der Waals surface area (Å²) in [6.07, 6.45) is 0. The van der Waals surface area contributed by atoms with Crippen LogP contribution in [0, 0.1) is 13.8 Å². The first-order valence-corrected chi connectivity index (χ1v) is 10.1. The van der Waals surface area contributed by atoms with Gasteiger partial charge >= 0.3 is 0 Å². The van der Waals surface area contributed by atoms with Crippen molar-refractivity contribution in [1.82, 2.24) is 9.88 Å².